The van der Waals surface area contributed by atoms with Crippen LogP contribution in [0, 0.1) is 0 Å². The minimum absolute atomic E-state index is 0.0195. The molecule has 0 saturated carbocycles. The zero-order chi connectivity index (χ0) is 13.4. The van der Waals surface area contributed by atoms with Crippen LogP contribution in [0.5, 0.6) is 5.75 Å². The van der Waals surface area contributed by atoms with Gasteiger partial charge in [-0.05, 0) is 49.7 Å². The van der Waals surface area contributed by atoms with Crippen molar-refractivity contribution in [3.8, 4) is 5.75 Å². The van der Waals surface area contributed by atoms with Gasteiger partial charge in [0.1, 0.15) is 11.3 Å². The van der Waals surface area contributed by atoms with Crippen LogP contribution in [0.25, 0.3) is 10.9 Å². The number of aromatic nitrogens is 2. The zero-order valence-corrected chi connectivity index (χ0v) is 11.0. The van der Waals surface area contributed by atoms with E-state index in [1.807, 2.05) is 0 Å². The van der Waals surface area contributed by atoms with Gasteiger partial charge in [0.05, 0.1) is 5.39 Å². The number of phenolic OH excluding ortho intramolecular Hbond substituents is 1. The second kappa shape index (κ2) is 4.83. The number of phenols is 1. The fourth-order valence-corrected chi connectivity index (χ4v) is 2.86. The van der Waals surface area contributed by atoms with E-state index in [0.717, 1.165) is 25.9 Å². The van der Waals surface area contributed by atoms with Gasteiger partial charge in [0.2, 0.25) is 5.28 Å². The first-order valence-electron chi connectivity index (χ1n) is 6.29. The van der Waals surface area contributed by atoms with Gasteiger partial charge < -0.3 is 10.4 Å². The first-order chi connectivity index (χ1) is 9.18. The number of halogens is 1. The van der Waals surface area contributed by atoms with E-state index in [9.17, 15) is 9.90 Å². The molecule has 1 aliphatic heterocycles. The molecule has 2 heterocycles. The molecule has 2 N–H and O–H groups in total. The van der Waals surface area contributed by atoms with Crippen LogP contribution >= 0.6 is 11.6 Å². The minimum Gasteiger partial charge on any atom is -0.506 e. The summed E-state index contributed by atoms with van der Waals surface area (Å²) in [6.45, 7) is 1.73. The molecule has 3 rings (SSSR count). The predicted octanol–water partition coefficient (Wildman–Crippen LogP) is 1.68. The SMILES string of the molecule is O=c1c2cccc(O)c2nc(Cl)n1C1CCNCC1. The molecule has 0 spiro atoms. The summed E-state index contributed by atoms with van der Waals surface area (Å²) < 4.78 is 1.55. The third kappa shape index (κ3) is 2.09. The van der Waals surface area contributed by atoms with Gasteiger partial charge in [-0.15, -0.1) is 0 Å². The van der Waals surface area contributed by atoms with Crippen molar-refractivity contribution in [3.05, 3.63) is 33.8 Å². The molecule has 6 heteroatoms. The number of piperidine rings is 1. The van der Waals surface area contributed by atoms with Crippen LogP contribution in [-0.2, 0) is 0 Å². The van der Waals surface area contributed by atoms with Crippen molar-refractivity contribution in [1.29, 1.82) is 0 Å². The Morgan fingerprint density at radius 3 is 2.84 bits per heavy atom. The lowest BCUT2D eigenvalue weighted by molar-refractivity contribution is 0.360. The number of para-hydroxylation sites is 1. The third-order valence-electron chi connectivity index (χ3n) is 3.54. The fraction of sp³-hybridized carbons (Fsp3) is 0.385. The van der Waals surface area contributed by atoms with Crippen LogP contribution in [0.1, 0.15) is 18.9 Å². The van der Waals surface area contributed by atoms with Gasteiger partial charge in [-0.25, -0.2) is 4.98 Å². The number of benzene rings is 1. The second-order valence-electron chi connectivity index (χ2n) is 4.71. The van der Waals surface area contributed by atoms with Gasteiger partial charge in [0.25, 0.3) is 5.56 Å². The Morgan fingerprint density at radius 2 is 2.11 bits per heavy atom. The highest BCUT2D eigenvalue weighted by Crippen LogP contribution is 2.25. The minimum atomic E-state index is -0.183. The van der Waals surface area contributed by atoms with E-state index >= 15 is 0 Å². The lowest BCUT2D eigenvalue weighted by Gasteiger charge is -2.25. The quantitative estimate of drug-likeness (QED) is 0.780. The van der Waals surface area contributed by atoms with Crippen LogP contribution in [0.4, 0.5) is 0 Å². The first kappa shape index (κ1) is 12.4. The van der Waals surface area contributed by atoms with Crippen LogP contribution in [0.2, 0.25) is 5.28 Å². The van der Waals surface area contributed by atoms with Crippen LogP contribution < -0.4 is 10.9 Å². The Balaban J connectivity index is 2.22. The summed E-state index contributed by atoms with van der Waals surface area (Å²) in [6.07, 6.45) is 1.71. The molecular weight excluding hydrogens is 266 g/mol. The van der Waals surface area contributed by atoms with E-state index in [-0.39, 0.29) is 28.2 Å². The van der Waals surface area contributed by atoms with Crippen molar-refractivity contribution in [2.45, 2.75) is 18.9 Å². The lowest BCUT2D eigenvalue weighted by atomic mass is 10.1. The number of aromatic hydroxyl groups is 1. The summed E-state index contributed by atoms with van der Waals surface area (Å²) in [5, 5.41) is 13.5. The van der Waals surface area contributed by atoms with Gasteiger partial charge in [0.15, 0.2) is 0 Å². The summed E-state index contributed by atoms with van der Waals surface area (Å²) in [6, 6.07) is 4.88. The largest absolute Gasteiger partial charge is 0.506 e. The number of fused-ring (bicyclic) bond motifs is 1. The number of hydrogen-bond donors (Lipinski definition) is 2. The molecule has 0 atom stereocenters. The number of nitrogens with one attached hydrogen (secondary N) is 1. The first-order valence-corrected chi connectivity index (χ1v) is 6.66. The Morgan fingerprint density at radius 1 is 1.37 bits per heavy atom. The normalized spacial score (nSPS) is 16.9. The highest BCUT2D eigenvalue weighted by atomic mass is 35.5. The van der Waals surface area contributed by atoms with Crippen LogP contribution in [-0.4, -0.2) is 27.7 Å². The smallest absolute Gasteiger partial charge is 0.262 e. The molecule has 0 unspecified atom stereocenters. The molecule has 1 aliphatic rings. The molecular formula is C13H14ClN3O2. The standard InChI is InChI=1S/C13H14ClN3O2/c14-13-16-11-9(2-1-3-10(11)18)12(19)17(13)8-4-6-15-7-5-8/h1-3,8,15,18H,4-7H2. The van der Waals surface area contributed by atoms with Gasteiger partial charge >= 0.3 is 0 Å². The van der Waals surface area contributed by atoms with Gasteiger partial charge in [-0.2, -0.15) is 0 Å². The van der Waals surface area contributed by atoms with Crippen molar-refractivity contribution in [2.75, 3.05) is 13.1 Å². The summed E-state index contributed by atoms with van der Waals surface area (Å²) in [7, 11) is 0. The maximum absolute atomic E-state index is 12.5. The summed E-state index contributed by atoms with van der Waals surface area (Å²) in [5.41, 5.74) is 0.0838. The average molecular weight is 280 g/mol. The predicted molar refractivity (Wildman–Crippen MR) is 73.8 cm³/mol. The van der Waals surface area contributed by atoms with Gasteiger partial charge in [-0.1, -0.05) is 6.07 Å². The second-order valence-corrected chi connectivity index (χ2v) is 5.05. The Hall–Kier alpha value is -1.59. The maximum atomic E-state index is 12.5. The molecule has 2 aromatic rings. The molecule has 0 amide bonds. The monoisotopic (exact) mass is 279 g/mol. The van der Waals surface area contributed by atoms with E-state index in [0.29, 0.717) is 5.39 Å². The molecule has 1 aromatic heterocycles. The van der Waals surface area contributed by atoms with E-state index in [4.69, 9.17) is 11.6 Å². The maximum Gasteiger partial charge on any atom is 0.262 e. The van der Waals surface area contributed by atoms with E-state index in [1.165, 1.54) is 6.07 Å². The molecule has 1 saturated heterocycles. The summed E-state index contributed by atoms with van der Waals surface area (Å²) >= 11 is 6.13. The van der Waals surface area contributed by atoms with E-state index in [2.05, 4.69) is 10.3 Å². The number of rotatable bonds is 1. The number of nitrogens with zero attached hydrogens (tertiary/aromatic N) is 2. The topological polar surface area (TPSA) is 67.1 Å². The number of hydrogen-bond acceptors (Lipinski definition) is 4. The summed E-state index contributed by atoms with van der Waals surface area (Å²) in [5.74, 6) is -0.0195. The lowest BCUT2D eigenvalue weighted by Crippen LogP contribution is -2.35. The van der Waals surface area contributed by atoms with Crippen molar-refractivity contribution < 1.29 is 5.11 Å². The van der Waals surface area contributed by atoms with E-state index in [1.54, 1.807) is 16.7 Å². The fourth-order valence-electron chi connectivity index (χ4n) is 2.56. The van der Waals surface area contributed by atoms with Crippen molar-refractivity contribution in [3.63, 3.8) is 0 Å². The highest BCUT2D eigenvalue weighted by Gasteiger charge is 2.21. The van der Waals surface area contributed by atoms with Gasteiger partial charge in [0, 0.05) is 6.04 Å². The molecule has 0 radical (unpaired) electrons. The van der Waals surface area contributed by atoms with Crippen LogP contribution in [0.15, 0.2) is 23.0 Å². The molecule has 5 nitrogen and oxygen atoms in total. The third-order valence-corrected chi connectivity index (χ3v) is 3.81. The molecule has 0 aliphatic carbocycles. The molecule has 100 valence electrons. The van der Waals surface area contributed by atoms with Crippen molar-refractivity contribution in [2.24, 2.45) is 0 Å². The van der Waals surface area contributed by atoms with Crippen LogP contribution in [0.3, 0.4) is 0 Å². The molecule has 0 bridgehead atoms. The Kier molecular flexibility index (Phi) is 3.16. The van der Waals surface area contributed by atoms with E-state index < -0.39 is 0 Å². The Labute approximate surface area is 114 Å². The molecule has 1 aromatic carbocycles. The average Bonchev–Trinajstić information content (AvgIpc) is 2.41. The van der Waals surface area contributed by atoms with Crippen molar-refractivity contribution >= 4 is 22.5 Å². The Bertz CT molecular complexity index is 677. The van der Waals surface area contributed by atoms with Gasteiger partial charge in [-0.3, -0.25) is 9.36 Å². The molecule has 19 heavy (non-hydrogen) atoms. The highest BCUT2D eigenvalue weighted by molar-refractivity contribution is 6.28. The van der Waals surface area contributed by atoms with Crippen molar-refractivity contribution in [1.82, 2.24) is 14.9 Å². The molecule has 1 fully saturated rings. The zero-order valence-electron chi connectivity index (χ0n) is 10.3. The summed E-state index contributed by atoms with van der Waals surface area (Å²) in [4.78, 5) is 16.7.